The van der Waals surface area contributed by atoms with E-state index < -0.39 is 4.92 Å². The molecule has 1 N–H and O–H groups in total. The molecular formula is C18H19ClN2O5. The van der Waals surface area contributed by atoms with Gasteiger partial charge in [0.25, 0.3) is 11.6 Å². The summed E-state index contributed by atoms with van der Waals surface area (Å²) >= 11 is 6.21. The molecule has 0 heterocycles. The van der Waals surface area contributed by atoms with Crippen molar-refractivity contribution >= 4 is 23.2 Å². The molecule has 0 atom stereocenters. The Hall–Kier alpha value is -2.80. The molecule has 2 aromatic carbocycles. The molecule has 0 aliphatic heterocycles. The maximum Gasteiger partial charge on any atom is 0.272 e. The van der Waals surface area contributed by atoms with Gasteiger partial charge in [-0.25, -0.2) is 0 Å². The SMILES string of the molecule is CCOc1c(Cl)cc(CNC(=O)c2ccc([N+](=O)[O-])c(C)c2)cc1OC. The predicted molar refractivity (Wildman–Crippen MR) is 98.2 cm³/mol. The molecule has 0 aromatic heterocycles. The van der Waals surface area contributed by atoms with Crippen LogP contribution in [0, 0.1) is 17.0 Å². The Morgan fingerprint density at radius 1 is 1.31 bits per heavy atom. The van der Waals surface area contributed by atoms with Crippen LogP contribution in [0.15, 0.2) is 30.3 Å². The summed E-state index contributed by atoms with van der Waals surface area (Å²) < 4.78 is 10.7. The lowest BCUT2D eigenvalue weighted by molar-refractivity contribution is -0.385. The highest BCUT2D eigenvalue weighted by Gasteiger charge is 2.15. The van der Waals surface area contributed by atoms with Crippen molar-refractivity contribution in [1.82, 2.24) is 5.32 Å². The van der Waals surface area contributed by atoms with Crippen molar-refractivity contribution in [2.24, 2.45) is 0 Å². The van der Waals surface area contributed by atoms with E-state index in [1.807, 2.05) is 6.92 Å². The number of halogens is 1. The third-order valence-corrected chi connectivity index (χ3v) is 3.97. The average molecular weight is 379 g/mol. The fourth-order valence-electron chi connectivity index (χ4n) is 2.45. The Bertz CT molecular complexity index is 839. The first-order valence-corrected chi connectivity index (χ1v) is 8.27. The zero-order chi connectivity index (χ0) is 19.3. The quantitative estimate of drug-likeness (QED) is 0.583. The third-order valence-electron chi connectivity index (χ3n) is 3.69. The molecule has 0 fully saturated rings. The van der Waals surface area contributed by atoms with E-state index in [2.05, 4.69) is 5.32 Å². The van der Waals surface area contributed by atoms with Gasteiger partial charge in [-0.15, -0.1) is 0 Å². The van der Waals surface area contributed by atoms with E-state index in [9.17, 15) is 14.9 Å². The minimum absolute atomic E-state index is 0.0235. The number of nitrogens with one attached hydrogen (secondary N) is 1. The van der Waals surface area contributed by atoms with Crippen LogP contribution in [0.2, 0.25) is 5.02 Å². The van der Waals surface area contributed by atoms with E-state index >= 15 is 0 Å². The highest BCUT2D eigenvalue weighted by Crippen LogP contribution is 2.36. The molecule has 138 valence electrons. The van der Waals surface area contributed by atoms with Crippen molar-refractivity contribution in [2.75, 3.05) is 13.7 Å². The number of nitro benzene ring substituents is 1. The van der Waals surface area contributed by atoms with Gasteiger partial charge in [0.05, 0.1) is 23.7 Å². The molecule has 7 nitrogen and oxygen atoms in total. The Morgan fingerprint density at radius 2 is 2.04 bits per heavy atom. The zero-order valence-electron chi connectivity index (χ0n) is 14.7. The van der Waals surface area contributed by atoms with Crippen LogP contribution in [-0.4, -0.2) is 24.5 Å². The molecule has 0 saturated carbocycles. The summed E-state index contributed by atoms with van der Waals surface area (Å²) in [5.74, 6) is 0.597. The number of carbonyl (C=O) groups excluding carboxylic acids is 1. The summed E-state index contributed by atoms with van der Waals surface area (Å²) in [5, 5.41) is 14.0. The summed E-state index contributed by atoms with van der Waals surface area (Å²) in [5.41, 5.74) is 1.48. The Labute approximate surface area is 156 Å². The molecule has 0 aliphatic rings. The topological polar surface area (TPSA) is 90.7 Å². The van der Waals surface area contributed by atoms with Gasteiger partial charge in [-0.3, -0.25) is 14.9 Å². The maximum absolute atomic E-state index is 12.3. The van der Waals surface area contributed by atoms with Gasteiger partial charge in [0.1, 0.15) is 0 Å². The fraction of sp³-hybridized carbons (Fsp3) is 0.278. The Balaban J connectivity index is 2.13. The van der Waals surface area contributed by atoms with Crippen LogP contribution in [0.25, 0.3) is 0 Å². The number of hydrogen-bond donors (Lipinski definition) is 1. The first kappa shape index (κ1) is 19.5. The predicted octanol–water partition coefficient (Wildman–Crippen LogP) is 3.89. The third kappa shape index (κ3) is 4.43. The minimum atomic E-state index is -0.481. The molecule has 26 heavy (non-hydrogen) atoms. The molecule has 0 bridgehead atoms. The van der Waals surface area contributed by atoms with Crippen molar-refractivity contribution in [3.8, 4) is 11.5 Å². The van der Waals surface area contributed by atoms with Gasteiger partial charge in [-0.1, -0.05) is 11.6 Å². The minimum Gasteiger partial charge on any atom is -0.493 e. The normalized spacial score (nSPS) is 10.3. The molecule has 0 aliphatic carbocycles. The summed E-state index contributed by atoms with van der Waals surface area (Å²) in [6, 6.07) is 7.65. The molecule has 8 heteroatoms. The first-order chi connectivity index (χ1) is 12.4. The number of carbonyl (C=O) groups is 1. The zero-order valence-corrected chi connectivity index (χ0v) is 15.4. The van der Waals surface area contributed by atoms with Crippen LogP contribution in [0.1, 0.15) is 28.4 Å². The van der Waals surface area contributed by atoms with E-state index in [4.69, 9.17) is 21.1 Å². The molecule has 2 rings (SSSR count). The van der Waals surface area contributed by atoms with Gasteiger partial charge in [-0.2, -0.15) is 0 Å². The number of nitro groups is 1. The number of amides is 1. The van der Waals surface area contributed by atoms with Crippen LogP contribution in [-0.2, 0) is 6.54 Å². The van der Waals surface area contributed by atoms with Crippen molar-refractivity contribution < 1.29 is 19.2 Å². The largest absolute Gasteiger partial charge is 0.493 e. The summed E-state index contributed by atoms with van der Waals surface area (Å²) in [6.45, 7) is 4.10. The van der Waals surface area contributed by atoms with E-state index in [1.54, 1.807) is 19.1 Å². The van der Waals surface area contributed by atoms with Gasteiger partial charge in [0.2, 0.25) is 0 Å². The molecule has 0 radical (unpaired) electrons. The van der Waals surface area contributed by atoms with E-state index in [0.29, 0.717) is 34.3 Å². The van der Waals surface area contributed by atoms with Gasteiger partial charge < -0.3 is 14.8 Å². The number of aryl methyl sites for hydroxylation is 1. The van der Waals surface area contributed by atoms with E-state index in [1.165, 1.54) is 25.3 Å². The smallest absolute Gasteiger partial charge is 0.272 e. The second kappa shape index (κ2) is 8.53. The highest BCUT2D eigenvalue weighted by molar-refractivity contribution is 6.32. The highest BCUT2D eigenvalue weighted by atomic mass is 35.5. The van der Waals surface area contributed by atoms with E-state index in [0.717, 1.165) is 5.56 Å². The number of nitrogens with zero attached hydrogens (tertiary/aromatic N) is 1. The van der Waals surface area contributed by atoms with Crippen LogP contribution < -0.4 is 14.8 Å². The van der Waals surface area contributed by atoms with Crippen molar-refractivity contribution in [3.63, 3.8) is 0 Å². The van der Waals surface area contributed by atoms with Crippen LogP contribution in [0.4, 0.5) is 5.69 Å². The van der Waals surface area contributed by atoms with E-state index in [-0.39, 0.29) is 18.1 Å². The lowest BCUT2D eigenvalue weighted by atomic mass is 10.1. The number of methoxy groups -OCH3 is 1. The molecular weight excluding hydrogens is 360 g/mol. The number of hydrogen-bond acceptors (Lipinski definition) is 5. The summed E-state index contributed by atoms with van der Waals surface area (Å²) in [6.07, 6.45) is 0. The van der Waals surface area contributed by atoms with Gasteiger partial charge >= 0.3 is 0 Å². The second-order valence-electron chi connectivity index (χ2n) is 5.48. The van der Waals surface area contributed by atoms with Crippen molar-refractivity contribution in [2.45, 2.75) is 20.4 Å². The van der Waals surface area contributed by atoms with Crippen molar-refractivity contribution in [1.29, 1.82) is 0 Å². The standard InChI is InChI=1S/C18H19ClN2O5/c1-4-26-17-14(19)8-12(9-16(17)25-3)10-20-18(22)13-5-6-15(21(23)24)11(2)7-13/h5-9H,4,10H2,1-3H3,(H,20,22). The lowest BCUT2D eigenvalue weighted by Gasteiger charge is -2.13. The number of rotatable bonds is 7. The average Bonchev–Trinajstić information content (AvgIpc) is 2.61. The van der Waals surface area contributed by atoms with Crippen LogP contribution in [0.3, 0.4) is 0 Å². The van der Waals surface area contributed by atoms with Gasteiger partial charge in [0, 0.05) is 23.7 Å². The lowest BCUT2D eigenvalue weighted by Crippen LogP contribution is -2.23. The fourth-order valence-corrected chi connectivity index (χ4v) is 2.73. The molecule has 0 spiro atoms. The number of ether oxygens (including phenoxy) is 2. The molecule has 0 unspecified atom stereocenters. The van der Waals surface area contributed by atoms with Crippen LogP contribution >= 0.6 is 11.6 Å². The van der Waals surface area contributed by atoms with Crippen molar-refractivity contribution in [3.05, 3.63) is 62.2 Å². The molecule has 2 aromatic rings. The van der Waals surface area contributed by atoms with Gasteiger partial charge in [-0.05, 0) is 43.7 Å². The summed E-state index contributed by atoms with van der Waals surface area (Å²) in [4.78, 5) is 22.7. The monoisotopic (exact) mass is 378 g/mol. The molecule has 0 saturated heterocycles. The summed E-state index contributed by atoms with van der Waals surface area (Å²) in [7, 11) is 1.51. The maximum atomic E-state index is 12.3. The Morgan fingerprint density at radius 3 is 2.62 bits per heavy atom. The number of benzene rings is 2. The first-order valence-electron chi connectivity index (χ1n) is 7.89. The Kier molecular flexibility index (Phi) is 6.41. The second-order valence-corrected chi connectivity index (χ2v) is 5.89. The van der Waals surface area contributed by atoms with Gasteiger partial charge in [0.15, 0.2) is 11.5 Å². The van der Waals surface area contributed by atoms with Crippen LogP contribution in [0.5, 0.6) is 11.5 Å². The molecule has 1 amide bonds.